The van der Waals surface area contributed by atoms with Gasteiger partial charge in [0.05, 0.1) is 23.1 Å². The maximum Gasteiger partial charge on any atom is 0.257 e. The Morgan fingerprint density at radius 1 is 0.967 bits per heavy atom. The standard InChI is InChI=1S/C25H28N4O/c1-18-6-5-8-21(16-18)27-12-14-28(15-13-27)25(30)22-17-26-29(24(22)20-10-11-20)23-9-4-3-7-19(23)2/h3-9,16-17,20H,10-15H2,1-2H3. The predicted octanol–water partition coefficient (Wildman–Crippen LogP) is 4.33. The Hall–Kier alpha value is -3.08. The zero-order valence-electron chi connectivity index (χ0n) is 17.7. The van der Waals surface area contributed by atoms with Gasteiger partial charge in [0.25, 0.3) is 5.91 Å². The van der Waals surface area contributed by atoms with Crippen LogP contribution in [-0.4, -0.2) is 46.8 Å². The smallest absolute Gasteiger partial charge is 0.257 e. The van der Waals surface area contributed by atoms with Gasteiger partial charge < -0.3 is 9.80 Å². The second kappa shape index (κ2) is 7.63. The number of carbonyl (C=O) groups excluding carboxylic acids is 1. The fourth-order valence-electron chi connectivity index (χ4n) is 4.43. The third-order valence-corrected chi connectivity index (χ3v) is 6.28. The number of amides is 1. The van der Waals surface area contributed by atoms with Gasteiger partial charge in [-0.25, -0.2) is 4.68 Å². The predicted molar refractivity (Wildman–Crippen MR) is 120 cm³/mol. The molecule has 1 aliphatic heterocycles. The van der Waals surface area contributed by atoms with Crippen LogP contribution in [0.2, 0.25) is 0 Å². The van der Waals surface area contributed by atoms with Gasteiger partial charge in [0.15, 0.2) is 0 Å². The molecule has 30 heavy (non-hydrogen) atoms. The van der Waals surface area contributed by atoms with E-state index in [0.717, 1.165) is 56.0 Å². The van der Waals surface area contributed by atoms with Gasteiger partial charge >= 0.3 is 0 Å². The SMILES string of the molecule is Cc1cccc(N2CCN(C(=O)c3cnn(-c4ccccc4C)c3C3CC3)CC2)c1. The van der Waals surface area contributed by atoms with Gasteiger partial charge in [0.2, 0.25) is 0 Å². The highest BCUT2D eigenvalue weighted by Gasteiger charge is 2.35. The van der Waals surface area contributed by atoms with Crippen molar-refractivity contribution in [3.05, 3.63) is 77.1 Å². The third kappa shape index (κ3) is 3.49. The Bertz CT molecular complexity index is 1070. The largest absolute Gasteiger partial charge is 0.368 e. The molecular formula is C25H28N4O. The highest BCUT2D eigenvalue weighted by molar-refractivity contribution is 5.95. The fraction of sp³-hybridized carbons (Fsp3) is 0.360. The van der Waals surface area contributed by atoms with Gasteiger partial charge in [0.1, 0.15) is 0 Å². The van der Waals surface area contributed by atoms with Crippen molar-refractivity contribution in [3.8, 4) is 5.69 Å². The summed E-state index contributed by atoms with van der Waals surface area (Å²) in [6, 6.07) is 16.9. The van der Waals surface area contributed by atoms with E-state index in [2.05, 4.69) is 60.2 Å². The number of piperazine rings is 1. The number of para-hydroxylation sites is 1. The van der Waals surface area contributed by atoms with E-state index in [4.69, 9.17) is 0 Å². The molecule has 2 aliphatic rings. The maximum absolute atomic E-state index is 13.4. The average molecular weight is 401 g/mol. The third-order valence-electron chi connectivity index (χ3n) is 6.28. The monoisotopic (exact) mass is 400 g/mol. The molecule has 5 heteroatoms. The number of aryl methyl sites for hydroxylation is 2. The first-order chi connectivity index (χ1) is 14.6. The second-order valence-corrected chi connectivity index (χ2v) is 8.53. The minimum atomic E-state index is 0.126. The van der Waals surface area contributed by atoms with Crippen LogP contribution >= 0.6 is 0 Å². The zero-order valence-corrected chi connectivity index (χ0v) is 17.7. The van der Waals surface area contributed by atoms with E-state index >= 15 is 0 Å². The molecule has 0 bridgehead atoms. The summed E-state index contributed by atoms with van der Waals surface area (Å²) < 4.78 is 2.00. The molecule has 0 N–H and O–H groups in total. The van der Waals surface area contributed by atoms with E-state index in [1.807, 2.05) is 21.7 Å². The molecule has 0 spiro atoms. The summed E-state index contributed by atoms with van der Waals surface area (Å²) >= 11 is 0. The first-order valence-corrected chi connectivity index (χ1v) is 10.9. The summed E-state index contributed by atoms with van der Waals surface area (Å²) in [6.45, 7) is 7.42. The number of aromatic nitrogens is 2. The molecule has 1 aliphatic carbocycles. The zero-order chi connectivity index (χ0) is 20.7. The lowest BCUT2D eigenvalue weighted by molar-refractivity contribution is 0.0745. The first kappa shape index (κ1) is 18.9. The van der Waals surface area contributed by atoms with Crippen LogP contribution in [0.5, 0.6) is 0 Å². The van der Waals surface area contributed by atoms with Gasteiger partial charge in [-0.3, -0.25) is 4.79 Å². The quantitative estimate of drug-likeness (QED) is 0.655. The molecule has 154 valence electrons. The van der Waals surface area contributed by atoms with Crippen LogP contribution in [0.1, 0.15) is 45.9 Å². The fourth-order valence-corrected chi connectivity index (χ4v) is 4.43. The van der Waals surface area contributed by atoms with E-state index in [9.17, 15) is 4.79 Å². The van der Waals surface area contributed by atoms with E-state index in [0.29, 0.717) is 5.92 Å². The molecule has 1 aromatic heterocycles. The molecular weight excluding hydrogens is 372 g/mol. The van der Waals surface area contributed by atoms with E-state index in [1.165, 1.54) is 16.8 Å². The number of anilines is 1. The number of hydrogen-bond acceptors (Lipinski definition) is 3. The molecule has 1 saturated heterocycles. The van der Waals surface area contributed by atoms with Crippen molar-refractivity contribution in [1.29, 1.82) is 0 Å². The summed E-state index contributed by atoms with van der Waals surface area (Å²) in [6.07, 6.45) is 4.06. The van der Waals surface area contributed by atoms with Crippen LogP contribution in [0.3, 0.4) is 0 Å². The van der Waals surface area contributed by atoms with Crippen LogP contribution in [0.15, 0.2) is 54.7 Å². The normalized spacial score (nSPS) is 16.7. The Balaban J connectivity index is 1.37. The number of nitrogens with zero attached hydrogens (tertiary/aromatic N) is 4. The highest BCUT2D eigenvalue weighted by Crippen LogP contribution is 2.43. The van der Waals surface area contributed by atoms with E-state index in [-0.39, 0.29) is 5.91 Å². The van der Waals surface area contributed by atoms with Crippen LogP contribution in [-0.2, 0) is 0 Å². The molecule has 2 fully saturated rings. The van der Waals surface area contributed by atoms with Crippen molar-refractivity contribution < 1.29 is 4.79 Å². The molecule has 2 heterocycles. The Morgan fingerprint density at radius 3 is 2.43 bits per heavy atom. The lowest BCUT2D eigenvalue weighted by Crippen LogP contribution is -2.49. The molecule has 3 aromatic rings. The lowest BCUT2D eigenvalue weighted by atomic mass is 10.1. The van der Waals surface area contributed by atoms with Crippen LogP contribution in [0.4, 0.5) is 5.69 Å². The summed E-state index contributed by atoms with van der Waals surface area (Å²) in [5.41, 5.74) is 6.63. The van der Waals surface area contributed by atoms with Gasteiger partial charge in [-0.2, -0.15) is 5.10 Å². The number of carbonyl (C=O) groups is 1. The van der Waals surface area contributed by atoms with E-state index < -0.39 is 0 Å². The Morgan fingerprint density at radius 2 is 1.73 bits per heavy atom. The summed E-state index contributed by atoms with van der Waals surface area (Å²) in [4.78, 5) is 17.8. The van der Waals surface area contributed by atoms with Crippen LogP contribution < -0.4 is 4.90 Å². The summed E-state index contributed by atoms with van der Waals surface area (Å²) in [5.74, 6) is 0.570. The molecule has 5 nitrogen and oxygen atoms in total. The number of benzene rings is 2. The molecule has 1 amide bonds. The first-order valence-electron chi connectivity index (χ1n) is 10.9. The van der Waals surface area contributed by atoms with Crippen LogP contribution in [0.25, 0.3) is 5.69 Å². The minimum Gasteiger partial charge on any atom is -0.368 e. The average Bonchev–Trinajstić information content (AvgIpc) is 3.52. The van der Waals surface area contributed by atoms with Crippen LogP contribution in [0, 0.1) is 13.8 Å². The van der Waals surface area contributed by atoms with Gasteiger partial charge in [-0.1, -0.05) is 30.3 Å². The molecule has 0 radical (unpaired) electrons. The van der Waals surface area contributed by atoms with Crippen molar-refractivity contribution in [2.24, 2.45) is 0 Å². The lowest BCUT2D eigenvalue weighted by Gasteiger charge is -2.36. The molecule has 0 atom stereocenters. The topological polar surface area (TPSA) is 41.4 Å². The Kier molecular flexibility index (Phi) is 4.81. The molecule has 0 unspecified atom stereocenters. The Labute approximate surface area is 177 Å². The highest BCUT2D eigenvalue weighted by atomic mass is 16.2. The maximum atomic E-state index is 13.4. The molecule has 5 rings (SSSR count). The van der Waals surface area contributed by atoms with Crippen molar-refractivity contribution >= 4 is 11.6 Å². The van der Waals surface area contributed by atoms with Gasteiger partial charge in [0, 0.05) is 37.8 Å². The van der Waals surface area contributed by atoms with Gasteiger partial charge in [-0.15, -0.1) is 0 Å². The molecule has 2 aromatic carbocycles. The summed E-state index contributed by atoms with van der Waals surface area (Å²) in [7, 11) is 0. The summed E-state index contributed by atoms with van der Waals surface area (Å²) in [5, 5.41) is 4.66. The minimum absolute atomic E-state index is 0.126. The van der Waals surface area contributed by atoms with Crippen molar-refractivity contribution in [3.63, 3.8) is 0 Å². The second-order valence-electron chi connectivity index (χ2n) is 8.53. The van der Waals surface area contributed by atoms with Crippen molar-refractivity contribution in [2.45, 2.75) is 32.6 Å². The number of hydrogen-bond donors (Lipinski definition) is 0. The van der Waals surface area contributed by atoms with Crippen molar-refractivity contribution in [2.75, 3.05) is 31.1 Å². The van der Waals surface area contributed by atoms with Gasteiger partial charge in [-0.05, 0) is 56.0 Å². The molecule has 1 saturated carbocycles. The van der Waals surface area contributed by atoms with E-state index in [1.54, 1.807) is 6.20 Å². The van der Waals surface area contributed by atoms with Crippen molar-refractivity contribution in [1.82, 2.24) is 14.7 Å². The number of rotatable bonds is 4.